The highest BCUT2D eigenvalue weighted by atomic mass is 32.2. The lowest BCUT2D eigenvalue weighted by molar-refractivity contribution is 0.102. The second kappa shape index (κ2) is 7.28. The van der Waals surface area contributed by atoms with Gasteiger partial charge in [-0.15, -0.1) is 5.10 Å². The van der Waals surface area contributed by atoms with Crippen LogP contribution in [-0.4, -0.2) is 29.8 Å². The molecule has 3 rings (SSSR count). The Kier molecular flexibility index (Phi) is 5.04. The minimum Gasteiger partial charge on any atom is -0.403 e. The Morgan fingerprint density at radius 3 is 2.48 bits per heavy atom. The van der Waals surface area contributed by atoms with Crippen molar-refractivity contribution in [1.29, 1.82) is 0 Å². The lowest BCUT2D eigenvalue weighted by Gasteiger charge is -2.08. The van der Waals surface area contributed by atoms with Gasteiger partial charge < -0.3 is 4.42 Å². The highest BCUT2D eigenvalue weighted by Gasteiger charge is 2.20. The summed E-state index contributed by atoms with van der Waals surface area (Å²) in [6.45, 7) is 3.19. The third-order valence-corrected chi connectivity index (χ3v) is 5.93. The molecule has 0 bridgehead atoms. The molecule has 1 aromatic heterocycles. The van der Waals surface area contributed by atoms with Crippen LogP contribution in [0.4, 0.5) is 10.4 Å². The van der Waals surface area contributed by atoms with Crippen molar-refractivity contribution in [2.24, 2.45) is 0 Å². The Bertz CT molecular complexity index is 1080. The highest BCUT2D eigenvalue weighted by molar-refractivity contribution is 7.92. The predicted molar refractivity (Wildman–Crippen MR) is 96.4 cm³/mol. The third kappa shape index (κ3) is 4.03. The monoisotopic (exact) mass is 389 g/mol. The summed E-state index contributed by atoms with van der Waals surface area (Å²) in [6.07, 6.45) is 0. The lowest BCUT2D eigenvalue weighted by atomic mass is 10.2. The molecule has 0 spiro atoms. The molecule has 0 radical (unpaired) electrons. The van der Waals surface area contributed by atoms with Gasteiger partial charge in [-0.25, -0.2) is 12.8 Å². The molecular weight excluding hydrogens is 373 g/mol. The molecule has 1 heterocycles. The van der Waals surface area contributed by atoms with Gasteiger partial charge in [0.2, 0.25) is 5.89 Å². The summed E-state index contributed by atoms with van der Waals surface area (Å²) in [5.74, 6) is -0.936. The molecule has 0 atom stereocenters. The molecule has 140 valence electrons. The van der Waals surface area contributed by atoms with Crippen molar-refractivity contribution in [3.05, 3.63) is 59.9 Å². The topological polar surface area (TPSA) is 102 Å². The van der Waals surface area contributed by atoms with E-state index in [2.05, 4.69) is 15.5 Å². The average Bonchev–Trinajstić information content (AvgIpc) is 3.10. The van der Waals surface area contributed by atoms with E-state index in [1.54, 1.807) is 26.0 Å². The van der Waals surface area contributed by atoms with Crippen LogP contribution in [0.15, 0.2) is 57.8 Å². The third-order valence-electron chi connectivity index (χ3n) is 3.78. The summed E-state index contributed by atoms with van der Waals surface area (Å²) in [6, 6.07) is 10.9. The van der Waals surface area contributed by atoms with Gasteiger partial charge in [0.25, 0.3) is 5.91 Å². The molecule has 1 N–H and O–H groups in total. The van der Waals surface area contributed by atoms with Crippen molar-refractivity contribution in [1.82, 2.24) is 10.2 Å². The van der Waals surface area contributed by atoms with Crippen molar-refractivity contribution >= 4 is 21.8 Å². The van der Waals surface area contributed by atoms with Gasteiger partial charge in [-0.1, -0.05) is 11.2 Å². The second-order valence-electron chi connectivity index (χ2n) is 5.99. The number of halogens is 1. The maximum absolute atomic E-state index is 12.9. The van der Waals surface area contributed by atoms with Gasteiger partial charge in [0, 0.05) is 11.1 Å². The van der Waals surface area contributed by atoms with E-state index in [4.69, 9.17) is 4.42 Å². The number of carbonyl (C=O) groups is 1. The number of rotatable bonds is 5. The van der Waals surface area contributed by atoms with E-state index in [1.807, 2.05) is 0 Å². The molecule has 0 aliphatic carbocycles. The molecule has 0 aliphatic rings. The van der Waals surface area contributed by atoms with Crippen LogP contribution >= 0.6 is 0 Å². The zero-order valence-electron chi connectivity index (χ0n) is 14.5. The summed E-state index contributed by atoms with van der Waals surface area (Å²) >= 11 is 0. The molecule has 27 heavy (non-hydrogen) atoms. The number of carbonyl (C=O) groups excluding carboxylic acids is 1. The van der Waals surface area contributed by atoms with Crippen LogP contribution in [0.25, 0.3) is 11.5 Å². The van der Waals surface area contributed by atoms with Gasteiger partial charge in [-0.2, -0.15) is 0 Å². The van der Waals surface area contributed by atoms with Gasteiger partial charge in [-0.05, 0) is 56.3 Å². The quantitative estimate of drug-likeness (QED) is 0.718. The predicted octanol–water partition coefficient (Wildman–Crippen LogP) is 3.31. The van der Waals surface area contributed by atoms with Crippen LogP contribution in [0.5, 0.6) is 0 Å². The van der Waals surface area contributed by atoms with Crippen LogP contribution < -0.4 is 5.32 Å². The molecule has 0 aliphatic heterocycles. The fraction of sp³-hybridized carbons (Fsp3) is 0.167. The highest BCUT2D eigenvalue weighted by Crippen LogP contribution is 2.25. The molecule has 0 fully saturated rings. The number of sulfone groups is 1. The molecule has 7 nitrogen and oxygen atoms in total. The van der Waals surface area contributed by atoms with Crippen molar-refractivity contribution in [3.8, 4) is 11.5 Å². The van der Waals surface area contributed by atoms with E-state index in [0.29, 0.717) is 5.56 Å². The molecule has 0 saturated heterocycles. The SMILES string of the molecule is CC(C)S(=O)(=O)c1cccc(-c2nnc(NC(=O)c3ccc(F)cc3)o2)c1. The maximum Gasteiger partial charge on any atom is 0.322 e. The fourth-order valence-corrected chi connectivity index (χ4v) is 3.34. The zero-order valence-corrected chi connectivity index (χ0v) is 15.3. The van der Waals surface area contributed by atoms with Gasteiger partial charge >= 0.3 is 6.01 Å². The van der Waals surface area contributed by atoms with Gasteiger partial charge in [0.1, 0.15) is 5.82 Å². The number of benzene rings is 2. The van der Waals surface area contributed by atoms with E-state index < -0.39 is 26.8 Å². The average molecular weight is 389 g/mol. The van der Waals surface area contributed by atoms with Gasteiger partial charge in [0.15, 0.2) is 9.84 Å². The number of anilines is 1. The number of hydrogen-bond acceptors (Lipinski definition) is 6. The first-order valence-corrected chi connectivity index (χ1v) is 9.57. The molecular formula is C18H16FN3O4S. The molecule has 3 aromatic rings. The zero-order chi connectivity index (χ0) is 19.6. The number of nitrogens with zero attached hydrogens (tertiary/aromatic N) is 2. The van der Waals surface area contributed by atoms with Crippen LogP contribution in [0, 0.1) is 5.82 Å². The molecule has 0 unspecified atom stereocenters. The number of amides is 1. The smallest absolute Gasteiger partial charge is 0.322 e. The lowest BCUT2D eigenvalue weighted by Crippen LogP contribution is -2.13. The Hall–Kier alpha value is -3.07. The van der Waals surface area contributed by atoms with Gasteiger partial charge in [-0.3, -0.25) is 10.1 Å². The minimum absolute atomic E-state index is 0.0604. The molecule has 1 amide bonds. The summed E-state index contributed by atoms with van der Waals surface area (Å²) in [7, 11) is -3.45. The van der Waals surface area contributed by atoms with E-state index in [9.17, 15) is 17.6 Å². The first-order chi connectivity index (χ1) is 12.8. The number of hydrogen-bond donors (Lipinski definition) is 1. The molecule has 9 heteroatoms. The molecule has 2 aromatic carbocycles. The summed E-state index contributed by atoms with van der Waals surface area (Å²) < 4.78 is 42.9. The Balaban J connectivity index is 1.82. The van der Waals surface area contributed by atoms with Crippen LogP contribution in [0.1, 0.15) is 24.2 Å². The summed E-state index contributed by atoms with van der Waals surface area (Å²) in [4.78, 5) is 12.2. The number of nitrogens with one attached hydrogen (secondary N) is 1. The Labute approximate surface area is 155 Å². The van der Waals surface area contributed by atoms with Crippen molar-refractivity contribution in [2.75, 3.05) is 5.32 Å². The Morgan fingerprint density at radius 2 is 1.81 bits per heavy atom. The normalized spacial score (nSPS) is 11.6. The first-order valence-electron chi connectivity index (χ1n) is 8.02. The van der Waals surface area contributed by atoms with E-state index in [-0.39, 0.29) is 22.4 Å². The summed E-state index contributed by atoms with van der Waals surface area (Å²) in [5, 5.41) is 9.40. The Morgan fingerprint density at radius 1 is 1.11 bits per heavy atom. The fourth-order valence-electron chi connectivity index (χ4n) is 2.24. The van der Waals surface area contributed by atoms with Crippen molar-refractivity contribution in [3.63, 3.8) is 0 Å². The van der Waals surface area contributed by atoms with Crippen molar-refractivity contribution < 1.29 is 22.0 Å². The van der Waals surface area contributed by atoms with Crippen LogP contribution in [0.3, 0.4) is 0 Å². The molecule has 0 saturated carbocycles. The van der Waals surface area contributed by atoms with E-state index >= 15 is 0 Å². The van der Waals surface area contributed by atoms with Crippen LogP contribution in [-0.2, 0) is 9.84 Å². The maximum atomic E-state index is 12.9. The van der Waals surface area contributed by atoms with Crippen molar-refractivity contribution in [2.45, 2.75) is 24.0 Å². The second-order valence-corrected chi connectivity index (χ2v) is 8.50. The number of aromatic nitrogens is 2. The van der Waals surface area contributed by atoms with Gasteiger partial charge in [0.05, 0.1) is 10.1 Å². The summed E-state index contributed by atoms with van der Waals surface area (Å²) in [5.41, 5.74) is 0.632. The largest absolute Gasteiger partial charge is 0.403 e. The minimum atomic E-state index is -3.45. The van der Waals surface area contributed by atoms with Crippen LogP contribution in [0.2, 0.25) is 0 Å². The van der Waals surface area contributed by atoms with E-state index in [1.165, 1.54) is 24.3 Å². The van der Waals surface area contributed by atoms with E-state index in [0.717, 1.165) is 12.1 Å². The first kappa shape index (κ1) is 18.7. The standard InChI is InChI=1S/C18H16FN3O4S/c1-11(2)27(24,25)15-5-3-4-13(10-15)17-21-22-18(26-17)20-16(23)12-6-8-14(19)9-7-12/h3-11H,1-2H3,(H,20,22,23).